The van der Waals surface area contributed by atoms with E-state index in [0.717, 1.165) is 57.9 Å². The van der Waals surface area contributed by atoms with Crippen molar-refractivity contribution >= 4 is 50.4 Å². The largest absolute Gasteiger partial charge is 0.344 e. The summed E-state index contributed by atoms with van der Waals surface area (Å²) in [5.41, 5.74) is 2.01. The molecule has 7 nitrogen and oxygen atoms in total. The second kappa shape index (κ2) is 12.2. The number of carbonyl (C=O) groups excluding carboxylic acids is 3. The number of rotatable bonds is 10. The smallest absolute Gasteiger partial charge is 0.244 e. The summed E-state index contributed by atoms with van der Waals surface area (Å²) in [5, 5.41) is 17.4. The van der Waals surface area contributed by atoms with Crippen LogP contribution in [-0.2, 0) is 27.2 Å². The number of nitrogens with one attached hydrogen (secondary N) is 4. The van der Waals surface area contributed by atoms with Crippen molar-refractivity contribution in [2.24, 2.45) is 5.92 Å². The number of fused-ring (bicyclic) bond motifs is 2. The van der Waals surface area contributed by atoms with Crippen LogP contribution < -0.4 is 21.3 Å². The van der Waals surface area contributed by atoms with Gasteiger partial charge in [0.05, 0.1) is 0 Å². The molecule has 0 spiro atoms. The Morgan fingerprint density at radius 1 is 0.947 bits per heavy atom. The second-order valence-corrected chi connectivity index (χ2v) is 10.7. The minimum absolute atomic E-state index is 0.0967. The standard InChI is InChI=1S/C30H32N4O3S/c35-19-32-28(16-20-9-10-21-5-1-2-6-23(21)15-20)34-30(37)26(33-29(36)22-11-13-31-14-12-22)17-24-18-38-27-8-4-3-7-25(24)27/h1-10,15,18-19,22,26,28,31H,11-14,16-17H2,(H,32,35)(H,33,36)(H,34,37)/t26-,28-/m1/s1. The molecule has 1 saturated heterocycles. The molecular formula is C30H32N4O3S. The molecule has 1 aliphatic heterocycles. The zero-order valence-electron chi connectivity index (χ0n) is 21.1. The van der Waals surface area contributed by atoms with Gasteiger partial charge in [-0.15, -0.1) is 11.3 Å². The van der Waals surface area contributed by atoms with Crippen molar-refractivity contribution in [2.45, 2.75) is 37.9 Å². The molecule has 5 rings (SSSR count). The fourth-order valence-corrected chi connectivity index (χ4v) is 6.08. The molecule has 38 heavy (non-hydrogen) atoms. The first-order valence-electron chi connectivity index (χ1n) is 13.0. The van der Waals surface area contributed by atoms with Crippen molar-refractivity contribution in [3.63, 3.8) is 0 Å². The Bertz CT molecular complexity index is 1430. The van der Waals surface area contributed by atoms with Crippen LogP contribution in [0, 0.1) is 5.92 Å². The Morgan fingerprint density at radius 3 is 2.53 bits per heavy atom. The van der Waals surface area contributed by atoms with Crippen molar-refractivity contribution in [1.82, 2.24) is 21.3 Å². The average molecular weight is 529 g/mol. The van der Waals surface area contributed by atoms with E-state index in [9.17, 15) is 14.4 Å². The monoisotopic (exact) mass is 528 g/mol. The van der Waals surface area contributed by atoms with Crippen molar-refractivity contribution < 1.29 is 14.4 Å². The van der Waals surface area contributed by atoms with Gasteiger partial charge in [0.2, 0.25) is 18.2 Å². The summed E-state index contributed by atoms with van der Waals surface area (Å²) in [4.78, 5) is 38.2. The zero-order valence-corrected chi connectivity index (χ0v) is 21.9. The summed E-state index contributed by atoms with van der Waals surface area (Å²) in [6, 6.07) is 21.5. The summed E-state index contributed by atoms with van der Waals surface area (Å²) in [7, 11) is 0. The lowest BCUT2D eigenvalue weighted by atomic mass is 9.96. The van der Waals surface area contributed by atoms with Crippen LogP contribution in [0.15, 0.2) is 72.1 Å². The first kappa shape index (κ1) is 25.9. The number of hydrogen-bond donors (Lipinski definition) is 4. The maximum absolute atomic E-state index is 13.6. The maximum Gasteiger partial charge on any atom is 0.244 e. The third-order valence-corrected chi connectivity index (χ3v) is 8.18. The Kier molecular flexibility index (Phi) is 8.31. The van der Waals surface area contributed by atoms with E-state index in [4.69, 9.17) is 0 Å². The molecule has 4 aromatic rings. The lowest BCUT2D eigenvalue weighted by Crippen LogP contribution is -2.55. The van der Waals surface area contributed by atoms with E-state index in [1.165, 1.54) is 0 Å². The van der Waals surface area contributed by atoms with Crippen LogP contribution in [0.3, 0.4) is 0 Å². The molecule has 0 aliphatic carbocycles. The van der Waals surface area contributed by atoms with Gasteiger partial charge < -0.3 is 21.3 Å². The molecule has 0 radical (unpaired) electrons. The van der Waals surface area contributed by atoms with Gasteiger partial charge in [0.1, 0.15) is 12.2 Å². The molecule has 1 fully saturated rings. The highest BCUT2D eigenvalue weighted by molar-refractivity contribution is 7.17. The second-order valence-electron chi connectivity index (χ2n) is 9.78. The Labute approximate surface area is 226 Å². The van der Waals surface area contributed by atoms with Gasteiger partial charge in [-0.25, -0.2) is 0 Å². The quantitative estimate of drug-likeness (QED) is 0.187. The highest BCUT2D eigenvalue weighted by atomic mass is 32.1. The van der Waals surface area contributed by atoms with Gasteiger partial charge in [0.15, 0.2) is 0 Å². The summed E-state index contributed by atoms with van der Waals surface area (Å²) in [5.74, 6) is -0.532. The van der Waals surface area contributed by atoms with E-state index < -0.39 is 12.2 Å². The van der Waals surface area contributed by atoms with E-state index >= 15 is 0 Å². The number of carbonyl (C=O) groups is 3. The van der Waals surface area contributed by atoms with Crippen molar-refractivity contribution in [1.29, 1.82) is 0 Å². The number of piperidine rings is 1. The Hall–Kier alpha value is -3.75. The molecule has 0 unspecified atom stereocenters. The fraction of sp³-hybridized carbons (Fsp3) is 0.300. The average Bonchev–Trinajstić information content (AvgIpc) is 3.36. The molecule has 2 heterocycles. The summed E-state index contributed by atoms with van der Waals surface area (Å²) in [6.45, 7) is 1.59. The van der Waals surface area contributed by atoms with E-state index in [-0.39, 0.29) is 17.7 Å². The SMILES string of the molecule is O=CN[C@@H](Cc1ccc2ccccc2c1)NC(=O)[C@@H](Cc1csc2ccccc12)NC(=O)C1CCNCC1. The van der Waals surface area contributed by atoms with Gasteiger partial charge in [-0.05, 0) is 64.7 Å². The van der Waals surface area contributed by atoms with E-state index in [0.29, 0.717) is 19.3 Å². The lowest BCUT2D eigenvalue weighted by Gasteiger charge is -2.27. The molecule has 2 atom stereocenters. The van der Waals surface area contributed by atoms with E-state index in [1.54, 1.807) is 11.3 Å². The summed E-state index contributed by atoms with van der Waals surface area (Å²) < 4.78 is 1.14. The minimum atomic E-state index is -0.761. The van der Waals surface area contributed by atoms with Crippen LogP contribution in [0.25, 0.3) is 20.9 Å². The van der Waals surface area contributed by atoms with Gasteiger partial charge in [-0.3, -0.25) is 14.4 Å². The molecule has 8 heteroatoms. The summed E-state index contributed by atoms with van der Waals surface area (Å²) >= 11 is 1.63. The first-order valence-corrected chi connectivity index (χ1v) is 13.9. The van der Waals surface area contributed by atoms with Crippen LogP contribution in [0.1, 0.15) is 24.0 Å². The maximum atomic E-state index is 13.6. The highest BCUT2D eigenvalue weighted by Gasteiger charge is 2.28. The molecule has 0 bridgehead atoms. The highest BCUT2D eigenvalue weighted by Crippen LogP contribution is 2.27. The predicted molar refractivity (Wildman–Crippen MR) is 152 cm³/mol. The third kappa shape index (κ3) is 6.20. The minimum Gasteiger partial charge on any atom is -0.344 e. The first-order chi connectivity index (χ1) is 18.6. The van der Waals surface area contributed by atoms with Crippen molar-refractivity contribution in [2.75, 3.05) is 13.1 Å². The Morgan fingerprint density at radius 2 is 1.71 bits per heavy atom. The number of amides is 3. The fourth-order valence-electron chi connectivity index (χ4n) is 5.10. The summed E-state index contributed by atoms with van der Waals surface area (Å²) in [6.07, 6.45) is 2.28. The molecule has 196 valence electrons. The molecular weight excluding hydrogens is 496 g/mol. The number of benzene rings is 3. The van der Waals surface area contributed by atoms with Crippen LogP contribution in [0.2, 0.25) is 0 Å². The molecule has 1 aromatic heterocycles. The molecule has 0 saturated carbocycles. The zero-order chi connectivity index (χ0) is 26.3. The molecule has 3 amide bonds. The van der Waals surface area contributed by atoms with Gasteiger partial charge in [0, 0.05) is 23.5 Å². The van der Waals surface area contributed by atoms with Crippen LogP contribution in [0.4, 0.5) is 0 Å². The van der Waals surface area contributed by atoms with Crippen molar-refractivity contribution in [3.8, 4) is 0 Å². The predicted octanol–water partition coefficient (Wildman–Crippen LogP) is 3.51. The number of hydrogen-bond acceptors (Lipinski definition) is 5. The topological polar surface area (TPSA) is 99.3 Å². The van der Waals surface area contributed by atoms with E-state index in [1.807, 2.05) is 54.6 Å². The van der Waals surface area contributed by atoms with Crippen molar-refractivity contribution in [3.05, 3.63) is 83.2 Å². The number of thiophene rings is 1. The van der Waals surface area contributed by atoms with Crippen LogP contribution in [0.5, 0.6) is 0 Å². The molecule has 3 aromatic carbocycles. The van der Waals surface area contributed by atoms with Gasteiger partial charge in [-0.2, -0.15) is 0 Å². The van der Waals surface area contributed by atoms with Crippen LogP contribution in [-0.4, -0.2) is 43.5 Å². The van der Waals surface area contributed by atoms with Gasteiger partial charge in [0.25, 0.3) is 0 Å². The van der Waals surface area contributed by atoms with Crippen LogP contribution >= 0.6 is 11.3 Å². The van der Waals surface area contributed by atoms with E-state index in [2.05, 4.69) is 38.8 Å². The third-order valence-electron chi connectivity index (χ3n) is 7.17. The normalized spacial score (nSPS) is 15.6. The lowest BCUT2D eigenvalue weighted by molar-refractivity contribution is -0.132. The van der Waals surface area contributed by atoms with Gasteiger partial charge in [-0.1, -0.05) is 60.7 Å². The molecule has 4 N–H and O–H groups in total. The molecule has 1 aliphatic rings. The van der Waals surface area contributed by atoms with Gasteiger partial charge >= 0.3 is 0 Å². The Balaban J connectivity index is 1.34.